The fourth-order valence-electron chi connectivity index (χ4n) is 1.10. The van der Waals surface area contributed by atoms with Crippen LogP contribution in [0, 0.1) is 0 Å². The smallest absolute Gasteiger partial charge is 0.215 e. The van der Waals surface area contributed by atoms with E-state index in [2.05, 4.69) is 10.0 Å². The Morgan fingerprint density at radius 2 is 1.94 bits per heavy atom. The Morgan fingerprint density at radius 3 is 2.53 bits per heavy atom. The van der Waals surface area contributed by atoms with Gasteiger partial charge in [0, 0.05) is 20.2 Å². The second kappa shape index (κ2) is 9.78. The second-order valence-corrected chi connectivity index (χ2v) is 5.85. The van der Waals surface area contributed by atoms with Crippen LogP contribution in [0.1, 0.15) is 13.8 Å². The summed E-state index contributed by atoms with van der Waals surface area (Å²) in [6.07, 6.45) is 0. The second-order valence-electron chi connectivity index (χ2n) is 3.66. The average Bonchev–Trinajstić information content (AvgIpc) is 2.30. The molecule has 0 heterocycles. The Labute approximate surface area is 104 Å². The number of hydrogen-bond acceptors (Lipinski definition) is 5. The third kappa shape index (κ3) is 8.50. The van der Waals surface area contributed by atoms with Crippen molar-refractivity contribution in [1.29, 1.82) is 0 Å². The molecule has 0 aromatic carbocycles. The first-order chi connectivity index (χ1) is 8.04. The summed E-state index contributed by atoms with van der Waals surface area (Å²) >= 11 is 0. The van der Waals surface area contributed by atoms with E-state index in [1.807, 2.05) is 6.92 Å². The van der Waals surface area contributed by atoms with Crippen LogP contribution < -0.4 is 10.0 Å². The molecular formula is C10H24N2O4S. The molecule has 0 aromatic rings. The molecule has 0 fully saturated rings. The van der Waals surface area contributed by atoms with Gasteiger partial charge in [-0.1, -0.05) is 6.92 Å². The van der Waals surface area contributed by atoms with Gasteiger partial charge in [-0.3, -0.25) is 0 Å². The third-order valence-corrected chi connectivity index (χ3v) is 4.03. The molecule has 1 atom stereocenters. The lowest BCUT2D eigenvalue weighted by molar-refractivity contribution is 0.0736. The number of methoxy groups -OCH3 is 1. The Kier molecular flexibility index (Phi) is 9.66. The number of ether oxygens (including phenoxy) is 2. The number of sulfonamides is 1. The monoisotopic (exact) mass is 268 g/mol. The quantitative estimate of drug-likeness (QED) is 0.497. The van der Waals surface area contributed by atoms with E-state index in [0.29, 0.717) is 32.9 Å². The van der Waals surface area contributed by atoms with Crippen LogP contribution in [0.2, 0.25) is 0 Å². The average molecular weight is 268 g/mol. The van der Waals surface area contributed by atoms with Gasteiger partial charge in [-0.25, -0.2) is 13.1 Å². The molecule has 0 aromatic heterocycles. The van der Waals surface area contributed by atoms with Gasteiger partial charge < -0.3 is 14.8 Å². The molecule has 104 valence electrons. The maximum absolute atomic E-state index is 11.7. The first-order valence-corrected chi connectivity index (χ1v) is 7.35. The topological polar surface area (TPSA) is 76.7 Å². The van der Waals surface area contributed by atoms with Crippen molar-refractivity contribution in [3.8, 4) is 0 Å². The molecule has 0 aliphatic carbocycles. The van der Waals surface area contributed by atoms with Crippen LogP contribution in [-0.2, 0) is 19.5 Å². The van der Waals surface area contributed by atoms with E-state index in [-0.39, 0.29) is 0 Å². The van der Waals surface area contributed by atoms with E-state index in [9.17, 15) is 8.42 Å². The van der Waals surface area contributed by atoms with E-state index in [0.717, 1.165) is 6.54 Å². The Morgan fingerprint density at radius 1 is 1.24 bits per heavy atom. The summed E-state index contributed by atoms with van der Waals surface area (Å²) in [5, 5.41) is 2.56. The maximum atomic E-state index is 11.7. The highest BCUT2D eigenvalue weighted by atomic mass is 32.2. The van der Waals surface area contributed by atoms with Gasteiger partial charge in [0.2, 0.25) is 10.0 Å². The summed E-state index contributed by atoms with van der Waals surface area (Å²) < 4.78 is 35.9. The van der Waals surface area contributed by atoms with Crippen LogP contribution in [0.25, 0.3) is 0 Å². The van der Waals surface area contributed by atoms with Crippen molar-refractivity contribution in [2.45, 2.75) is 19.1 Å². The molecule has 0 saturated heterocycles. The third-order valence-electron chi connectivity index (χ3n) is 2.19. The molecule has 1 unspecified atom stereocenters. The van der Waals surface area contributed by atoms with Gasteiger partial charge in [-0.15, -0.1) is 0 Å². The summed E-state index contributed by atoms with van der Waals surface area (Å²) in [6.45, 7) is 6.48. The van der Waals surface area contributed by atoms with Gasteiger partial charge in [-0.2, -0.15) is 0 Å². The van der Waals surface area contributed by atoms with Gasteiger partial charge in [-0.05, 0) is 13.5 Å². The van der Waals surface area contributed by atoms with Gasteiger partial charge >= 0.3 is 0 Å². The highest BCUT2D eigenvalue weighted by molar-refractivity contribution is 7.90. The van der Waals surface area contributed by atoms with Crippen molar-refractivity contribution in [3.63, 3.8) is 0 Å². The molecule has 2 N–H and O–H groups in total. The van der Waals surface area contributed by atoms with Crippen molar-refractivity contribution < 1.29 is 17.9 Å². The lowest BCUT2D eigenvalue weighted by Gasteiger charge is -2.14. The summed E-state index contributed by atoms with van der Waals surface area (Å²) in [4.78, 5) is 0. The van der Waals surface area contributed by atoms with Crippen LogP contribution in [-0.4, -0.2) is 60.2 Å². The SMILES string of the molecule is CCNCC(C)S(=O)(=O)NCCOCCOC. The Bertz CT molecular complexity index is 269. The molecular weight excluding hydrogens is 244 g/mol. The highest BCUT2D eigenvalue weighted by Gasteiger charge is 2.18. The minimum atomic E-state index is -3.25. The van der Waals surface area contributed by atoms with Crippen LogP contribution in [0.3, 0.4) is 0 Å². The molecule has 0 spiro atoms. The maximum Gasteiger partial charge on any atom is 0.215 e. The van der Waals surface area contributed by atoms with Crippen LogP contribution in [0.15, 0.2) is 0 Å². The number of rotatable bonds is 11. The zero-order chi connectivity index (χ0) is 13.1. The minimum absolute atomic E-state index is 0.294. The van der Waals surface area contributed by atoms with Crippen LogP contribution >= 0.6 is 0 Å². The van der Waals surface area contributed by atoms with Gasteiger partial charge in [0.1, 0.15) is 0 Å². The summed E-state index contributed by atoms with van der Waals surface area (Å²) in [5.74, 6) is 0. The van der Waals surface area contributed by atoms with Crippen LogP contribution in [0.5, 0.6) is 0 Å². The van der Waals surface area contributed by atoms with Crippen molar-refractivity contribution in [2.24, 2.45) is 0 Å². The fraction of sp³-hybridized carbons (Fsp3) is 1.00. The first kappa shape index (κ1) is 16.8. The first-order valence-electron chi connectivity index (χ1n) is 5.80. The highest BCUT2D eigenvalue weighted by Crippen LogP contribution is 1.96. The lowest BCUT2D eigenvalue weighted by atomic mass is 10.5. The molecule has 7 heteroatoms. The van der Waals surface area contributed by atoms with Gasteiger partial charge in [0.15, 0.2) is 0 Å². The zero-order valence-corrected chi connectivity index (χ0v) is 11.7. The van der Waals surface area contributed by atoms with Crippen molar-refractivity contribution in [1.82, 2.24) is 10.0 Å². The van der Waals surface area contributed by atoms with Crippen molar-refractivity contribution >= 4 is 10.0 Å². The lowest BCUT2D eigenvalue weighted by Crippen LogP contribution is -2.40. The predicted octanol–water partition coefficient (Wildman–Crippen LogP) is -0.433. The van der Waals surface area contributed by atoms with E-state index >= 15 is 0 Å². The van der Waals surface area contributed by atoms with Gasteiger partial charge in [0.25, 0.3) is 0 Å². The molecule has 0 rings (SSSR count). The number of nitrogens with one attached hydrogen (secondary N) is 2. The van der Waals surface area contributed by atoms with Crippen molar-refractivity contribution in [2.75, 3.05) is 46.6 Å². The zero-order valence-electron chi connectivity index (χ0n) is 10.9. The Balaban J connectivity index is 3.70. The molecule has 6 nitrogen and oxygen atoms in total. The molecule has 0 aliphatic rings. The van der Waals surface area contributed by atoms with Crippen molar-refractivity contribution in [3.05, 3.63) is 0 Å². The van der Waals surface area contributed by atoms with Crippen LogP contribution in [0.4, 0.5) is 0 Å². The van der Waals surface area contributed by atoms with Gasteiger partial charge in [0.05, 0.1) is 25.1 Å². The Hall–Kier alpha value is -0.210. The normalized spacial score (nSPS) is 13.8. The number of hydrogen-bond donors (Lipinski definition) is 2. The summed E-state index contributed by atoms with van der Waals surface area (Å²) in [5.41, 5.74) is 0. The van der Waals surface area contributed by atoms with E-state index in [1.54, 1.807) is 14.0 Å². The largest absolute Gasteiger partial charge is 0.382 e. The van der Waals surface area contributed by atoms with E-state index in [4.69, 9.17) is 9.47 Å². The molecule has 0 amide bonds. The molecule has 17 heavy (non-hydrogen) atoms. The minimum Gasteiger partial charge on any atom is -0.382 e. The molecule has 0 aliphatic heterocycles. The molecule has 0 saturated carbocycles. The summed E-state index contributed by atoms with van der Waals surface area (Å²) in [6, 6.07) is 0. The van der Waals surface area contributed by atoms with E-state index < -0.39 is 15.3 Å². The van der Waals surface area contributed by atoms with E-state index in [1.165, 1.54) is 0 Å². The molecule has 0 bridgehead atoms. The molecule has 0 radical (unpaired) electrons. The standard InChI is InChI=1S/C10H24N2O4S/c1-4-11-9-10(2)17(13,14)12-5-6-16-8-7-15-3/h10-12H,4-9H2,1-3H3. The fourth-order valence-corrected chi connectivity index (χ4v) is 2.09. The predicted molar refractivity (Wildman–Crippen MR) is 67.6 cm³/mol. The summed E-state index contributed by atoms with van der Waals surface area (Å²) in [7, 11) is -1.66.